The number of carbonyl (C=O) groups is 1. The first-order valence-corrected chi connectivity index (χ1v) is 7.38. The van der Waals surface area contributed by atoms with Crippen LogP contribution in [0.5, 0.6) is 0 Å². The Bertz CT molecular complexity index is 416. The van der Waals surface area contributed by atoms with Crippen LogP contribution in [0, 0.1) is 5.92 Å². The lowest BCUT2D eigenvalue weighted by molar-refractivity contribution is -0.119. The molecule has 4 nitrogen and oxygen atoms in total. The third-order valence-corrected chi connectivity index (χ3v) is 3.52. The molecule has 0 saturated carbocycles. The number of rotatable bonds is 8. The maximum absolute atomic E-state index is 12.1. The van der Waals surface area contributed by atoms with Crippen molar-refractivity contribution < 1.29 is 4.79 Å². The Kier molecular flexibility index (Phi) is 7.26. The number of nitrogens with zero attached hydrogens (tertiary/aromatic N) is 1. The van der Waals surface area contributed by atoms with Crippen molar-refractivity contribution in [3.05, 3.63) is 29.8 Å². The SMILES string of the molecule is CCN(CC)Cc1ccccc1NC(=O)C(C)CNC. The van der Waals surface area contributed by atoms with Crippen molar-refractivity contribution in [1.29, 1.82) is 0 Å². The molecule has 112 valence electrons. The number of carbonyl (C=O) groups excluding carboxylic acids is 1. The third kappa shape index (κ3) is 4.94. The molecule has 0 radical (unpaired) electrons. The lowest BCUT2D eigenvalue weighted by atomic mass is 10.1. The van der Waals surface area contributed by atoms with Crippen LogP contribution in [0.25, 0.3) is 0 Å². The van der Waals surface area contributed by atoms with Gasteiger partial charge in [-0.1, -0.05) is 39.0 Å². The Balaban J connectivity index is 2.77. The molecule has 0 fully saturated rings. The molecule has 0 heterocycles. The summed E-state index contributed by atoms with van der Waals surface area (Å²) in [6.07, 6.45) is 0. The van der Waals surface area contributed by atoms with Crippen LogP contribution in [0.4, 0.5) is 5.69 Å². The fourth-order valence-electron chi connectivity index (χ4n) is 2.12. The molecule has 0 aromatic heterocycles. The Morgan fingerprint density at radius 3 is 2.50 bits per heavy atom. The second-order valence-electron chi connectivity index (χ2n) is 5.07. The van der Waals surface area contributed by atoms with Gasteiger partial charge in [0, 0.05) is 24.7 Å². The van der Waals surface area contributed by atoms with Gasteiger partial charge in [-0.05, 0) is 31.8 Å². The molecule has 1 atom stereocenters. The topological polar surface area (TPSA) is 44.4 Å². The zero-order chi connectivity index (χ0) is 15.0. The Morgan fingerprint density at radius 1 is 1.25 bits per heavy atom. The van der Waals surface area contributed by atoms with Gasteiger partial charge >= 0.3 is 0 Å². The molecular formula is C16H27N3O. The zero-order valence-electron chi connectivity index (χ0n) is 13.1. The van der Waals surface area contributed by atoms with Crippen molar-refractivity contribution in [2.75, 3.05) is 32.0 Å². The summed E-state index contributed by atoms with van der Waals surface area (Å²) in [6, 6.07) is 8.04. The first-order chi connectivity index (χ1) is 9.62. The number of hydrogen-bond acceptors (Lipinski definition) is 3. The minimum absolute atomic E-state index is 0.0403. The van der Waals surface area contributed by atoms with Crippen LogP contribution in [-0.4, -0.2) is 37.5 Å². The molecule has 0 saturated heterocycles. The van der Waals surface area contributed by atoms with E-state index >= 15 is 0 Å². The van der Waals surface area contributed by atoms with Crippen LogP contribution in [0.15, 0.2) is 24.3 Å². The van der Waals surface area contributed by atoms with E-state index < -0.39 is 0 Å². The van der Waals surface area contributed by atoms with E-state index in [9.17, 15) is 4.79 Å². The van der Waals surface area contributed by atoms with E-state index in [1.807, 2.05) is 32.2 Å². The highest BCUT2D eigenvalue weighted by Crippen LogP contribution is 2.18. The number of nitrogens with one attached hydrogen (secondary N) is 2. The lowest BCUT2D eigenvalue weighted by Crippen LogP contribution is -2.29. The largest absolute Gasteiger partial charge is 0.326 e. The average molecular weight is 277 g/mol. The zero-order valence-corrected chi connectivity index (χ0v) is 13.1. The molecule has 1 unspecified atom stereocenters. The Hall–Kier alpha value is -1.39. The van der Waals surface area contributed by atoms with Gasteiger partial charge in [-0.25, -0.2) is 0 Å². The molecule has 1 amide bonds. The molecule has 4 heteroatoms. The molecular weight excluding hydrogens is 250 g/mol. The van der Waals surface area contributed by atoms with E-state index in [-0.39, 0.29) is 11.8 Å². The minimum atomic E-state index is -0.0403. The summed E-state index contributed by atoms with van der Waals surface area (Å²) >= 11 is 0. The summed E-state index contributed by atoms with van der Waals surface area (Å²) in [5, 5.41) is 6.07. The van der Waals surface area contributed by atoms with Gasteiger partial charge in [0.05, 0.1) is 0 Å². The van der Waals surface area contributed by atoms with Crippen molar-refractivity contribution >= 4 is 11.6 Å². The predicted molar refractivity (Wildman–Crippen MR) is 84.8 cm³/mol. The summed E-state index contributed by atoms with van der Waals surface area (Å²) in [5.74, 6) is 0.0212. The third-order valence-electron chi connectivity index (χ3n) is 3.52. The standard InChI is InChI=1S/C16H27N3O/c1-5-19(6-2)12-14-9-7-8-10-15(14)18-16(20)13(3)11-17-4/h7-10,13,17H,5-6,11-12H2,1-4H3,(H,18,20). The highest BCUT2D eigenvalue weighted by Gasteiger charge is 2.14. The molecule has 0 aliphatic carbocycles. The van der Waals surface area contributed by atoms with E-state index in [0.717, 1.165) is 25.3 Å². The van der Waals surface area contributed by atoms with Gasteiger partial charge in [-0.15, -0.1) is 0 Å². The first kappa shape index (κ1) is 16.7. The molecule has 0 aliphatic heterocycles. The Labute approximate surface area is 122 Å². The van der Waals surface area contributed by atoms with Crippen LogP contribution < -0.4 is 10.6 Å². The Morgan fingerprint density at radius 2 is 1.90 bits per heavy atom. The first-order valence-electron chi connectivity index (χ1n) is 7.38. The molecule has 1 aromatic carbocycles. The summed E-state index contributed by atoms with van der Waals surface area (Å²) in [4.78, 5) is 14.5. The van der Waals surface area contributed by atoms with Crippen molar-refractivity contribution in [2.24, 2.45) is 5.92 Å². The molecule has 1 aromatic rings. The van der Waals surface area contributed by atoms with Crippen LogP contribution in [0.1, 0.15) is 26.3 Å². The van der Waals surface area contributed by atoms with Gasteiger partial charge in [-0.3, -0.25) is 9.69 Å². The molecule has 2 N–H and O–H groups in total. The lowest BCUT2D eigenvalue weighted by Gasteiger charge is -2.21. The predicted octanol–water partition coefficient (Wildman–Crippen LogP) is 2.32. The fourth-order valence-corrected chi connectivity index (χ4v) is 2.12. The monoisotopic (exact) mass is 277 g/mol. The number of para-hydroxylation sites is 1. The number of amides is 1. The van der Waals surface area contributed by atoms with Gasteiger partial charge in [0.25, 0.3) is 0 Å². The second-order valence-corrected chi connectivity index (χ2v) is 5.07. The van der Waals surface area contributed by atoms with Crippen molar-refractivity contribution in [1.82, 2.24) is 10.2 Å². The number of anilines is 1. The van der Waals surface area contributed by atoms with E-state index in [1.54, 1.807) is 0 Å². The molecule has 20 heavy (non-hydrogen) atoms. The highest BCUT2D eigenvalue weighted by atomic mass is 16.1. The van der Waals surface area contributed by atoms with Crippen LogP contribution in [0.2, 0.25) is 0 Å². The van der Waals surface area contributed by atoms with E-state index in [4.69, 9.17) is 0 Å². The minimum Gasteiger partial charge on any atom is -0.326 e. The summed E-state index contributed by atoms with van der Waals surface area (Å²) in [5.41, 5.74) is 2.09. The van der Waals surface area contributed by atoms with Gasteiger partial charge < -0.3 is 10.6 Å². The van der Waals surface area contributed by atoms with Crippen molar-refractivity contribution in [3.8, 4) is 0 Å². The van der Waals surface area contributed by atoms with Gasteiger partial charge in [0.1, 0.15) is 0 Å². The summed E-state index contributed by atoms with van der Waals surface area (Å²) in [6.45, 7) is 9.80. The molecule has 0 spiro atoms. The average Bonchev–Trinajstić information content (AvgIpc) is 2.46. The second kappa shape index (κ2) is 8.72. The smallest absolute Gasteiger partial charge is 0.228 e. The quantitative estimate of drug-likeness (QED) is 0.766. The maximum Gasteiger partial charge on any atom is 0.228 e. The van der Waals surface area contributed by atoms with E-state index in [1.165, 1.54) is 5.56 Å². The normalized spacial score (nSPS) is 12.4. The number of hydrogen-bond donors (Lipinski definition) is 2. The van der Waals surface area contributed by atoms with Gasteiger partial charge in [0.15, 0.2) is 0 Å². The van der Waals surface area contributed by atoms with E-state index in [2.05, 4.69) is 35.4 Å². The van der Waals surface area contributed by atoms with E-state index in [0.29, 0.717) is 6.54 Å². The van der Waals surface area contributed by atoms with Crippen molar-refractivity contribution in [3.63, 3.8) is 0 Å². The van der Waals surface area contributed by atoms with Crippen LogP contribution in [0.3, 0.4) is 0 Å². The molecule has 0 bridgehead atoms. The fraction of sp³-hybridized carbons (Fsp3) is 0.562. The van der Waals surface area contributed by atoms with Gasteiger partial charge in [-0.2, -0.15) is 0 Å². The summed E-state index contributed by atoms with van der Waals surface area (Å²) < 4.78 is 0. The van der Waals surface area contributed by atoms with Crippen molar-refractivity contribution in [2.45, 2.75) is 27.3 Å². The van der Waals surface area contributed by atoms with Crippen LogP contribution >= 0.6 is 0 Å². The molecule has 1 rings (SSSR count). The molecule has 0 aliphatic rings. The number of benzene rings is 1. The highest BCUT2D eigenvalue weighted by molar-refractivity contribution is 5.93. The van der Waals surface area contributed by atoms with Crippen LogP contribution in [-0.2, 0) is 11.3 Å². The summed E-state index contributed by atoms with van der Waals surface area (Å²) in [7, 11) is 1.86. The maximum atomic E-state index is 12.1. The van der Waals surface area contributed by atoms with Gasteiger partial charge in [0.2, 0.25) is 5.91 Å².